The molecule has 7 nitrogen and oxygen atoms in total. The highest BCUT2D eigenvalue weighted by atomic mass is 16.2. The maximum absolute atomic E-state index is 12.6. The Kier molecular flexibility index (Phi) is 5.23. The van der Waals surface area contributed by atoms with Crippen LogP contribution in [0.5, 0.6) is 0 Å². The Bertz CT molecular complexity index is 739. The van der Waals surface area contributed by atoms with E-state index in [4.69, 9.17) is 0 Å². The molecule has 1 aliphatic heterocycles. The number of hydrogen-bond acceptors (Lipinski definition) is 5. The minimum Gasteiger partial charge on any atom is -0.350 e. The van der Waals surface area contributed by atoms with E-state index < -0.39 is 0 Å². The maximum Gasteiger partial charge on any atom is 0.272 e. The van der Waals surface area contributed by atoms with Crippen molar-refractivity contribution < 1.29 is 9.59 Å². The molecular formula is C18H21N5O2. The number of aryl methyl sites for hydroxylation is 1. The summed E-state index contributed by atoms with van der Waals surface area (Å²) < 4.78 is 0. The fourth-order valence-corrected chi connectivity index (χ4v) is 2.64. The number of nitrogens with zero attached hydrogens (tertiary/aromatic N) is 4. The summed E-state index contributed by atoms with van der Waals surface area (Å²) in [6.45, 7) is 4.79. The summed E-state index contributed by atoms with van der Waals surface area (Å²) in [5.41, 5.74) is 2.69. The summed E-state index contributed by atoms with van der Waals surface area (Å²) in [5, 5.41) is 3.15. The highest BCUT2D eigenvalue weighted by Crippen LogP contribution is 2.09. The Hall–Kier alpha value is -2.96. The van der Waals surface area contributed by atoms with Gasteiger partial charge in [0.25, 0.3) is 5.91 Å². The van der Waals surface area contributed by atoms with Gasteiger partial charge in [-0.3, -0.25) is 9.59 Å². The molecule has 7 heteroatoms. The molecule has 2 heterocycles. The van der Waals surface area contributed by atoms with Crippen molar-refractivity contribution in [1.82, 2.24) is 19.8 Å². The zero-order chi connectivity index (χ0) is 17.6. The average Bonchev–Trinajstić information content (AvgIpc) is 2.67. The van der Waals surface area contributed by atoms with Gasteiger partial charge in [0.2, 0.25) is 12.4 Å². The number of amides is 2. The van der Waals surface area contributed by atoms with Gasteiger partial charge in [-0.15, -0.1) is 0 Å². The summed E-state index contributed by atoms with van der Waals surface area (Å²) in [7, 11) is 0. The van der Waals surface area contributed by atoms with Gasteiger partial charge in [-0.2, -0.15) is 0 Å². The lowest BCUT2D eigenvalue weighted by molar-refractivity contribution is -0.119. The van der Waals surface area contributed by atoms with Crippen molar-refractivity contribution in [3.8, 4) is 0 Å². The van der Waals surface area contributed by atoms with Crippen LogP contribution >= 0.6 is 0 Å². The molecule has 1 saturated heterocycles. The molecule has 2 aromatic rings. The first-order valence-electron chi connectivity index (χ1n) is 8.27. The number of carbonyl (C=O) groups excluding carboxylic acids is 2. The van der Waals surface area contributed by atoms with Crippen LogP contribution in [0.15, 0.2) is 36.5 Å². The number of piperazine rings is 1. The van der Waals surface area contributed by atoms with Crippen molar-refractivity contribution in [2.45, 2.75) is 13.5 Å². The van der Waals surface area contributed by atoms with Crippen LogP contribution in [0.3, 0.4) is 0 Å². The lowest BCUT2D eigenvalue weighted by Gasteiger charge is -2.32. The number of aromatic nitrogens is 2. The molecule has 0 aliphatic carbocycles. The molecule has 0 saturated carbocycles. The fraction of sp³-hybridized carbons (Fsp3) is 0.333. The predicted octanol–water partition coefficient (Wildman–Crippen LogP) is 1.31. The van der Waals surface area contributed by atoms with Crippen molar-refractivity contribution in [3.63, 3.8) is 0 Å². The van der Waals surface area contributed by atoms with Crippen LogP contribution in [-0.2, 0) is 11.3 Å². The zero-order valence-corrected chi connectivity index (χ0v) is 14.2. The van der Waals surface area contributed by atoms with E-state index in [2.05, 4.69) is 27.4 Å². The Labute approximate surface area is 146 Å². The monoisotopic (exact) mass is 339 g/mol. The van der Waals surface area contributed by atoms with Crippen LogP contribution < -0.4 is 5.32 Å². The number of rotatable bonds is 5. The van der Waals surface area contributed by atoms with Crippen molar-refractivity contribution in [2.24, 2.45) is 0 Å². The number of carbonyl (C=O) groups is 2. The molecule has 0 unspecified atom stereocenters. The number of nitrogens with one attached hydrogen (secondary N) is 1. The minimum atomic E-state index is -0.133. The Morgan fingerprint density at radius 3 is 2.56 bits per heavy atom. The van der Waals surface area contributed by atoms with E-state index in [9.17, 15) is 9.59 Å². The first-order valence-corrected chi connectivity index (χ1v) is 8.27. The highest BCUT2D eigenvalue weighted by molar-refractivity contribution is 5.92. The van der Waals surface area contributed by atoms with Gasteiger partial charge in [0.15, 0.2) is 0 Å². The van der Waals surface area contributed by atoms with Gasteiger partial charge in [-0.05, 0) is 18.6 Å². The molecular weight excluding hydrogens is 318 g/mol. The van der Waals surface area contributed by atoms with Gasteiger partial charge in [-0.25, -0.2) is 9.97 Å². The summed E-state index contributed by atoms with van der Waals surface area (Å²) >= 11 is 0. The van der Waals surface area contributed by atoms with Gasteiger partial charge in [0.1, 0.15) is 5.69 Å². The second-order valence-electron chi connectivity index (χ2n) is 6.04. The molecule has 25 heavy (non-hydrogen) atoms. The van der Waals surface area contributed by atoms with Crippen molar-refractivity contribution >= 4 is 18.3 Å². The first-order chi connectivity index (χ1) is 12.2. The Balaban J connectivity index is 1.61. The number of anilines is 1. The second kappa shape index (κ2) is 7.74. The van der Waals surface area contributed by atoms with E-state index in [-0.39, 0.29) is 5.91 Å². The van der Waals surface area contributed by atoms with Gasteiger partial charge in [-0.1, -0.05) is 29.8 Å². The molecule has 0 spiro atoms. The summed E-state index contributed by atoms with van der Waals surface area (Å²) in [5.74, 6) is 0.296. The average molecular weight is 339 g/mol. The lowest BCUT2D eigenvalue weighted by atomic mass is 10.1. The van der Waals surface area contributed by atoms with Crippen LogP contribution in [0.25, 0.3) is 0 Å². The third-order valence-electron chi connectivity index (χ3n) is 4.20. The molecule has 0 atom stereocenters. The quantitative estimate of drug-likeness (QED) is 0.831. The fourth-order valence-electron chi connectivity index (χ4n) is 2.64. The molecule has 0 bridgehead atoms. The second-order valence-corrected chi connectivity index (χ2v) is 6.04. The first kappa shape index (κ1) is 16.9. The van der Waals surface area contributed by atoms with E-state index in [1.54, 1.807) is 22.1 Å². The minimum absolute atomic E-state index is 0.133. The SMILES string of the molecule is Cc1ccc(CNc2nccc(C(=O)N3CCN(C=O)CC3)n2)cc1. The molecule has 1 aromatic carbocycles. The normalized spacial score (nSPS) is 14.3. The van der Waals surface area contributed by atoms with Crippen LogP contribution in [0, 0.1) is 6.92 Å². The van der Waals surface area contributed by atoms with E-state index in [0.29, 0.717) is 44.4 Å². The molecule has 1 aromatic heterocycles. The summed E-state index contributed by atoms with van der Waals surface area (Å²) in [6.07, 6.45) is 2.40. The van der Waals surface area contributed by atoms with Crippen LogP contribution in [-0.4, -0.2) is 58.3 Å². The molecule has 1 fully saturated rings. The molecule has 1 N–H and O–H groups in total. The van der Waals surface area contributed by atoms with Gasteiger partial charge in [0, 0.05) is 38.9 Å². The Morgan fingerprint density at radius 1 is 1.16 bits per heavy atom. The zero-order valence-electron chi connectivity index (χ0n) is 14.2. The lowest BCUT2D eigenvalue weighted by Crippen LogP contribution is -2.48. The topological polar surface area (TPSA) is 78.4 Å². The van der Waals surface area contributed by atoms with Crippen LogP contribution in [0.4, 0.5) is 5.95 Å². The van der Waals surface area contributed by atoms with Crippen molar-refractivity contribution in [2.75, 3.05) is 31.5 Å². The third-order valence-corrected chi connectivity index (χ3v) is 4.20. The van der Waals surface area contributed by atoms with E-state index in [0.717, 1.165) is 12.0 Å². The molecule has 3 rings (SSSR count). The molecule has 0 radical (unpaired) electrons. The van der Waals surface area contributed by atoms with E-state index in [1.807, 2.05) is 19.1 Å². The van der Waals surface area contributed by atoms with Crippen molar-refractivity contribution in [1.29, 1.82) is 0 Å². The highest BCUT2D eigenvalue weighted by Gasteiger charge is 2.22. The maximum atomic E-state index is 12.6. The standard InChI is InChI=1S/C18H21N5O2/c1-14-2-4-15(5-3-14)12-20-18-19-7-6-16(21-18)17(25)23-10-8-22(13-24)9-11-23/h2-7,13H,8-12H2,1H3,(H,19,20,21). The number of hydrogen-bond donors (Lipinski definition) is 1. The van der Waals surface area contributed by atoms with E-state index >= 15 is 0 Å². The van der Waals surface area contributed by atoms with Crippen LogP contribution in [0.2, 0.25) is 0 Å². The molecule has 1 aliphatic rings. The van der Waals surface area contributed by atoms with Crippen molar-refractivity contribution in [3.05, 3.63) is 53.3 Å². The number of benzene rings is 1. The predicted molar refractivity (Wildman–Crippen MR) is 94.1 cm³/mol. The molecule has 130 valence electrons. The molecule has 2 amide bonds. The summed E-state index contributed by atoms with van der Waals surface area (Å²) in [4.78, 5) is 35.2. The smallest absolute Gasteiger partial charge is 0.272 e. The third kappa shape index (κ3) is 4.32. The van der Waals surface area contributed by atoms with Gasteiger partial charge >= 0.3 is 0 Å². The van der Waals surface area contributed by atoms with Crippen LogP contribution in [0.1, 0.15) is 21.6 Å². The summed E-state index contributed by atoms with van der Waals surface area (Å²) in [6, 6.07) is 9.81. The largest absolute Gasteiger partial charge is 0.350 e. The van der Waals surface area contributed by atoms with Gasteiger partial charge < -0.3 is 15.1 Å². The Morgan fingerprint density at radius 2 is 1.88 bits per heavy atom. The van der Waals surface area contributed by atoms with E-state index in [1.165, 1.54) is 5.56 Å². The van der Waals surface area contributed by atoms with Gasteiger partial charge in [0.05, 0.1) is 0 Å².